The Morgan fingerprint density at radius 3 is 2.61 bits per heavy atom. The van der Waals surface area contributed by atoms with E-state index in [9.17, 15) is 18.0 Å². The van der Waals surface area contributed by atoms with Gasteiger partial charge in [0.25, 0.3) is 0 Å². The molecule has 8 heteroatoms. The van der Waals surface area contributed by atoms with Crippen LogP contribution in [0.2, 0.25) is 0 Å². The van der Waals surface area contributed by atoms with E-state index in [1.165, 1.54) is 18.2 Å². The highest BCUT2D eigenvalue weighted by molar-refractivity contribution is 5.91. The van der Waals surface area contributed by atoms with Crippen LogP contribution in [0.1, 0.15) is 11.1 Å². The molecule has 4 rings (SSSR count). The molecule has 0 unspecified atom stereocenters. The van der Waals surface area contributed by atoms with E-state index >= 15 is 0 Å². The zero-order valence-corrected chi connectivity index (χ0v) is 16.3. The van der Waals surface area contributed by atoms with Crippen molar-refractivity contribution >= 4 is 17.0 Å². The first kappa shape index (κ1) is 20.5. The van der Waals surface area contributed by atoms with Gasteiger partial charge in [-0.2, -0.15) is 0 Å². The van der Waals surface area contributed by atoms with Gasteiger partial charge < -0.3 is 15.0 Å². The van der Waals surface area contributed by atoms with Gasteiger partial charge in [0.15, 0.2) is 0 Å². The van der Waals surface area contributed by atoms with Crippen LogP contribution in [0.5, 0.6) is 0 Å². The molecule has 0 spiro atoms. The number of carbonyl (C=O) groups is 1. The smallest absolute Gasteiger partial charge is 0.407 e. The predicted octanol–water partition coefficient (Wildman–Crippen LogP) is 5.12. The Kier molecular flexibility index (Phi) is 5.88. The quantitative estimate of drug-likeness (QED) is 0.451. The van der Waals surface area contributed by atoms with Crippen molar-refractivity contribution in [2.24, 2.45) is 0 Å². The lowest BCUT2D eigenvalue weighted by atomic mass is 10.0. The first-order chi connectivity index (χ1) is 15.0. The predicted molar refractivity (Wildman–Crippen MR) is 110 cm³/mol. The summed E-state index contributed by atoms with van der Waals surface area (Å²) in [5.41, 5.74) is 2.64. The average Bonchev–Trinajstić information content (AvgIpc) is 3.12. The van der Waals surface area contributed by atoms with Gasteiger partial charge in [0, 0.05) is 42.5 Å². The Morgan fingerprint density at radius 1 is 1.06 bits per heavy atom. The molecule has 0 bridgehead atoms. The summed E-state index contributed by atoms with van der Waals surface area (Å²) >= 11 is 0. The summed E-state index contributed by atoms with van der Waals surface area (Å²) in [6, 6.07) is 11.2. The van der Waals surface area contributed by atoms with Crippen LogP contribution >= 0.6 is 0 Å². The van der Waals surface area contributed by atoms with Crippen LogP contribution in [0, 0.1) is 17.5 Å². The Balaban J connectivity index is 1.52. The molecular weight excluding hydrogens is 407 g/mol. The number of hydrogen-bond acceptors (Lipinski definition) is 3. The first-order valence-electron chi connectivity index (χ1n) is 9.56. The third-order valence-electron chi connectivity index (χ3n) is 4.81. The van der Waals surface area contributed by atoms with Crippen LogP contribution in [0.3, 0.4) is 0 Å². The number of H-pyrrole nitrogens is 1. The number of nitrogens with zero attached hydrogens (tertiary/aromatic N) is 1. The maximum absolute atomic E-state index is 14.3. The zero-order chi connectivity index (χ0) is 21.8. The molecular formula is C23H18F3N3O2. The molecule has 1 amide bonds. The highest BCUT2D eigenvalue weighted by Crippen LogP contribution is 2.33. The Bertz CT molecular complexity index is 1210. The topological polar surface area (TPSA) is 67.0 Å². The minimum absolute atomic E-state index is 0.0157. The lowest BCUT2D eigenvalue weighted by Gasteiger charge is -2.08. The maximum Gasteiger partial charge on any atom is 0.407 e. The molecule has 31 heavy (non-hydrogen) atoms. The number of carbonyl (C=O) groups excluding carboxylic acids is 1. The largest absolute Gasteiger partial charge is 0.449 e. The van der Waals surface area contributed by atoms with Crippen LogP contribution in [0.15, 0.2) is 60.9 Å². The van der Waals surface area contributed by atoms with Crippen LogP contribution in [-0.2, 0) is 17.7 Å². The minimum Gasteiger partial charge on any atom is -0.449 e. The summed E-state index contributed by atoms with van der Waals surface area (Å²) in [6.07, 6.45) is 2.84. The fraction of sp³-hybridized carbons (Fsp3) is 0.130. The van der Waals surface area contributed by atoms with Crippen molar-refractivity contribution in [3.63, 3.8) is 0 Å². The molecule has 0 fully saturated rings. The summed E-state index contributed by atoms with van der Waals surface area (Å²) in [7, 11) is 0. The number of nitrogens with one attached hydrogen (secondary N) is 2. The summed E-state index contributed by atoms with van der Waals surface area (Å²) in [4.78, 5) is 18.9. The molecule has 158 valence electrons. The van der Waals surface area contributed by atoms with Gasteiger partial charge in [-0.1, -0.05) is 6.07 Å². The fourth-order valence-corrected chi connectivity index (χ4v) is 3.37. The third-order valence-corrected chi connectivity index (χ3v) is 4.81. The Hall–Kier alpha value is -3.81. The summed E-state index contributed by atoms with van der Waals surface area (Å²) in [6.45, 7) is 0.245. The summed E-state index contributed by atoms with van der Waals surface area (Å²) < 4.78 is 46.7. The second kappa shape index (κ2) is 8.91. The van der Waals surface area contributed by atoms with Crippen molar-refractivity contribution in [3.05, 3.63) is 89.5 Å². The zero-order valence-electron chi connectivity index (χ0n) is 16.3. The number of ether oxygens (including phenoxy) is 1. The number of aromatic nitrogens is 2. The van der Waals surface area contributed by atoms with Crippen molar-refractivity contribution in [2.45, 2.75) is 13.0 Å². The summed E-state index contributed by atoms with van der Waals surface area (Å²) in [5, 5.41) is 2.96. The molecule has 0 aliphatic carbocycles. The maximum atomic E-state index is 14.3. The van der Waals surface area contributed by atoms with Gasteiger partial charge >= 0.3 is 6.09 Å². The van der Waals surface area contributed by atoms with Gasteiger partial charge in [0.1, 0.15) is 17.5 Å². The van der Waals surface area contributed by atoms with Crippen molar-refractivity contribution in [1.82, 2.24) is 15.3 Å². The van der Waals surface area contributed by atoms with Crippen molar-refractivity contribution in [2.75, 3.05) is 6.61 Å². The van der Waals surface area contributed by atoms with E-state index in [2.05, 4.69) is 15.3 Å². The molecule has 4 aromatic rings. The number of halogens is 3. The van der Waals surface area contributed by atoms with E-state index in [-0.39, 0.29) is 25.1 Å². The number of aromatic amines is 1. The van der Waals surface area contributed by atoms with E-state index in [4.69, 9.17) is 4.74 Å². The molecule has 0 saturated carbocycles. The average molecular weight is 425 g/mol. The van der Waals surface area contributed by atoms with Gasteiger partial charge in [0.2, 0.25) is 0 Å². The number of pyridine rings is 1. The monoisotopic (exact) mass is 425 g/mol. The number of hydrogen-bond donors (Lipinski definition) is 2. The highest BCUT2D eigenvalue weighted by Gasteiger charge is 2.17. The van der Waals surface area contributed by atoms with Gasteiger partial charge in [-0.05, 0) is 53.1 Å². The Labute approximate surface area is 175 Å². The molecule has 2 aromatic heterocycles. The lowest BCUT2D eigenvalue weighted by Crippen LogP contribution is -2.24. The molecule has 0 aliphatic heterocycles. The SMILES string of the molecule is O=C(NCc1cccnc1)OCCc1c(-c2ccc(F)cc2)[nH]c2c(F)cc(F)cc12. The van der Waals surface area contributed by atoms with Gasteiger partial charge in [-0.25, -0.2) is 18.0 Å². The second-order valence-corrected chi connectivity index (χ2v) is 6.90. The lowest BCUT2D eigenvalue weighted by molar-refractivity contribution is 0.147. The molecule has 2 heterocycles. The number of fused-ring (bicyclic) bond motifs is 1. The molecule has 0 saturated heterocycles. The van der Waals surface area contributed by atoms with Gasteiger partial charge in [0.05, 0.1) is 12.1 Å². The molecule has 2 aromatic carbocycles. The van der Waals surface area contributed by atoms with Crippen LogP contribution < -0.4 is 5.32 Å². The van der Waals surface area contributed by atoms with E-state index in [1.807, 2.05) is 6.07 Å². The Morgan fingerprint density at radius 2 is 1.87 bits per heavy atom. The van der Waals surface area contributed by atoms with Crippen molar-refractivity contribution < 1.29 is 22.7 Å². The van der Waals surface area contributed by atoms with E-state index < -0.39 is 23.5 Å². The van der Waals surface area contributed by atoms with Crippen molar-refractivity contribution in [3.8, 4) is 11.3 Å². The highest BCUT2D eigenvalue weighted by atomic mass is 19.1. The first-order valence-corrected chi connectivity index (χ1v) is 9.56. The van der Waals surface area contributed by atoms with Gasteiger partial charge in [-0.15, -0.1) is 0 Å². The number of alkyl carbamates (subject to hydrolysis) is 1. The van der Waals surface area contributed by atoms with Crippen LogP contribution in [-0.4, -0.2) is 22.7 Å². The molecule has 2 N–H and O–H groups in total. The molecule has 0 aliphatic rings. The van der Waals surface area contributed by atoms with Crippen LogP contribution in [0.4, 0.5) is 18.0 Å². The number of rotatable bonds is 6. The minimum atomic E-state index is -0.736. The van der Waals surface area contributed by atoms with Crippen LogP contribution in [0.25, 0.3) is 22.2 Å². The number of amides is 1. The second-order valence-electron chi connectivity index (χ2n) is 6.90. The van der Waals surface area contributed by atoms with E-state index in [0.29, 0.717) is 22.2 Å². The van der Waals surface area contributed by atoms with Gasteiger partial charge in [-0.3, -0.25) is 4.98 Å². The van der Waals surface area contributed by atoms with E-state index in [0.717, 1.165) is 11.6 Å². The summed E-state index contributed by atoms with van der Waals surface area (Å²) in [5.74, 6) is -1.86. The molecule has 0 atom stereocenters. The third kappa shape index (κ3) is 4.69. The van der Waals surface area contributed by atoms with Crippen molar-refractivity contribution in [1.29, 1.82) is 0 Å². The molecule has 5 nitrogen and oxygen atoms in total. The fourth-order valence-electron chi connectivity index (χ4n) is 3.37. The normalized spacial score (nSPS) is 10.9. The molecule has 0 radical (unpaired) electrons. The standard InChI is InChI=1S/C23H18F3N3O2/c24-16-5-3-15(4-6-16)21-18(19-10-17(25)11-20(26)22(19)29-21)7-9-31-23(30)28-13-14-2-1-8-27-12-14/h1-6,8,10-12,29H,7,9,13H2,(H,28,30). The number of benzene rings is 2. The van der Waals surface area contributed by atoms with E-state index in [1.54, 1.807) is 30.6 Å².